The third kappa shape index (κ3) is 5.64. The Morgan fingerprint density at radius 1 is 1.11 bits per heavy atom. The summed E-state index contributed by atoms with van der Waals surface area (Å²) in [7, 11) is 3.95. The number of nitrogens with two attached hydrogens (primary N) is 1. The van der Waals surface area contributed by atoms with Gasteiger partial charge in [-0.2, -0.15) is 5.10 Å². The summed E-state index contributed by atoms with van der Waals surface area (Å²) in [5, 5.41) is 13.6. The third-order valence-corrected chi connectivity index (χ3v) is 5.88. The average molecular weight is 474 g/mol. The van der Waals surface area contributed by atoms with Gasteiger partial charge in [0.05, 0.1) is 35.0 Å². The van der Waals surface area contributed by atoms with Gasteiger partial charge in [-0.25, -0.2) is 9.31 Å². The second-order valence-electron chi connectivity index (χ2n) is 8.65. The van der Waals surface area contributed by atoms with Gasteiger partial charge in [0.15, 0.2) is 0 Å². The Hall–Kier alpha value is -4.24. The highest BCUT2D eigenvalue weighted by Gasteiger charge is 2.17. The van der Waals surface area contributed by atoms with Crippen molar-refractivity contribution in [1.29, 1.82) is 0 Å². The van der Waals surface area contributed by atoms with Crippen molar-refractivity contribution in [3.8, 4) is 11.5 Å². The van der Waals surface area contributed by atoms with Crippen LogP contribution in [0.2, 0.25) is 0 Å². The van der Waals surface area contributed by atoms with Crippen molar-refractivity contribution in [3.63, 3.8) is 0 Å². The van der Waals surface area contributed by atoms with E-state index in [1.807, 2.05) is 87.4 Å². The quantitative estimate of drug-likeness (QED) is 0.292. The summed E-state index contributed by atoms with van der Waals surface area (Å²) in [6.07, 6.45) is 3.37. The van der Waals surface area contributed by atoms with Crippen LogP contribution in [0, 0.1) is 6.92 Å². The molecule has 9 nitrogen and oxygen atoms in total. The number of nitrogens with one attached hydrogen (secondary N) is 3. The number of aromatic nitrogens is 2. The molecule has 0 saturated heterocycles. The van der Waals surface area contributed by atoms with Gasteiger partial charge in [0.25, 0.3) is 0 Å². The van der Waals surface area contributed by atoms with Gasteiger partial charge in [0.1, 0.15) is 11.5 Å². The van der Waals surface area contributed by atoms with Gasteiger partial charge in [0.2, 0.25) is 0 Å². The highest BCUT2D eigenvalue weighted by molar-refractivity contribution is 5.96. The van der Waals surface area contributed by atoms with E-state index in [0.717, 1.165) is 28.3 Å². The smallest absolute Gasteiger partial charge is 0.319 e. The molecule has 4 aromatic rings. The lowest BCUT2D eigenvalue weighted by Gasteiger charge is -2.20. The Morgan fingerprint density at radius 2 is 1.80 bits per heavy atom. The Kier molecular flexibility index (Phi) is 7.07. The zero-order chi connectivity index (χ0) is 24.9. The molecular weight excluding hydrogens is 442 g/mol. The minimum absolute atomic E-state index is 0.219. The molecule has 0 spiro atoms. The van der Waals surface area contributed by atoms with E-state index in [2.05, 4.69) is 21.0 Å². The second-order valence-corrected chi connectivity index (χ2v) is 8.65. The minimum Gasteiger partial charge on any atom is -0.457 e. The Bertz CT molecular complexity index is 1300. The van der Waals surface area contributed by atoms with E-state index in [-0.39, 0.29) is 12.1 Å². The first-order chi connectivity index (χ1) is 16.8. The molecule has 0 aliphatic rings. The van der Waals surface area contributed by atoms with Crippen molar-refractivity contribution < 1.29 is 9.53 Å². The fourth-order valence-corrected chi connectivity index (χ4v) is 3.52. The molecule has 2 amide bonds. The van der Waals surface area contributed by atoms with Gasteiger partial charge in [-0.3, -0.25) is 0 Å². The van der Waals surface area contributed by atoms with Crippen molar-refractivity contribution in [3.05, 3.63) is 72.6 Å². The highest BCUT2D eigenvalue weighted by Crippen LogP contribution is 2.34. The molecule has 0 saturated carbocycles. The van der Waals surface area contributed by atoms with Crippen LogP contribution in [0.4, 0.5) is 27.5 Å². The van der Waals surface area contributed by atoms with Crippen LogP contribution in [-0.2, 0) is 0 Å². The molecule has 35 heavy (non-hydrogen) atoms. The molecule has 2 heterocycles. The largest absolute Gasteiger partial charge is 0.457 e. The maximum absolute atomic E-state index is 12.5. The molecule has 2 aromatic carbocycles. The number of ether oxygens (including phenoxy) is 1. The first kappa shape index (κ1) is 23.9. The second kappa shape index (κ2) is 10.4. The van der Waals surface area contributed by atoms with E-state index in [9.17, 15) is 4.79 Å². The molecule has 9 heteroatoms. The van der Waals surface area contributed by atoms with Crippen LogP contribution in [0.3, 0.4) is 0 Å². The summed E-state index contributed by atoms with van der Waals surface area (Å²) >= 11 is 0. The summed E-state index contributed by atoms with van der Waals surface area (Å²) in [4.78, 5) is 14.5. The van der Waals surface area contributed by atoms with E-state index < -0.39 is 0 Å². The maximum Gasteiger partial charge on any atom is 0.319 e. The Balaban J connectivity index is 1.51. The fraction of sp³-hybridized carbons (Fsp3) is 0.231. The number of nitrogen functional groups attached to an aromatic ring is 1. The molecule has 0 aliphatic heterocycles. The highest BCUT2D eigenvalue weighted by atomic mass is 16.5. The van der Waals surface area contributed by atoms with Crippen LogP contribution in [0.1, 0.15) is 12.5 Å². The number of rotatable bonds is 8. The van der Waals surface area contributed by atoms with Crippen molar-refractivity contribution in [2.24, 2.45) is 0 Å². The number of hydrogen-bond acceptors (Lipinski definition) is 6. The number of hydrogen-bond donors (Lipinski definition) is 4. The first-order valence-corrected chi connectivity index (χ1v) is 11.4. The summed E-state index contributed by atoms with van der Waals surface area (Å²) in [5.74, 6) is 1.51. The number of urea groups is 1. The van der Waals surface area contributed by atoms with E-state index in [1.165, 1.54) is 0 Å². The van der Waals surface area contributed by atoms with E-state index >= 15 is 0 Å². The summed E-state index contributed by atoms with van der Waals surface area (Å²) < 4.78 is 7.58. The number of para-hydroxylation sites is 1. The number of aryl methyl sites for hydroxylation is 1. The molecule has 4 rings (SSSR count). The molecule has 1 unspecified atom stereocenters. The van der Waals surface area contributed by atoms with Crippen molar-refractivity contribution in [1.82, 2.24) is 19.8 Å². The van der Waals surface area contributed by atoms with E-state index in [4.69, 9.17) is 10.5 Å². The van der Waals surface area contributed by atoms with Gasteiger partial charge in [0, 0.05) is 23.8 Å². The molecule has 0 fully saturated rings. The van der Waals surface area contributed by atoms with E-state index in [1.54, 1.807) is 16.9 Å². The van der Waals surface area contributed by atoms with Gasteiger partial charge in [-0.15, -0.1) is 0 Å². The van der Waals surface area contributed by atoms with Gasteiger partial charge in [-0.1, -0.05) is 18.2 Å². The van der Waals surface area contributed by atoms with Gasteiger partial charge < -0.3 is 31.3 Å². The topological polar surface area (TPSA) is 109 Å². The van der Waals surface area contributed by atoms with Gasteiger partial charge >= 0.3 is 6.03 Å². The lowest BCUT2D eigenvalue weighted by atomic mass is 10.2. The maximum atomic E-state index is 12.5. The molecule has 1 atom stereocenters. The standard InChI is InChI=1S/C26H31N7O2/c1-17(32(3)4)14-28-26(34)31-23-16-33-25(18(23)2)24(22(27)15-29-33)30-19-10-12-21(13-11-19)35-20-8-6-5-7-9-20/h5-13,15-17,30H,14,27H2,1-4H3,(H2,28,31,34). The predicted octanol–water partition coefficient (Wildman–Crippen LogP) is 4.83. The number of anilines is 4. The SMILES string of the molecule is Cc1c(NC(=O)NCC(C)N(C)C)cn2ncc(N)c(Nc3ccc(Oc4ccccc4)cc3)c12. The van der Waals surface area contributed by atoms with Gasteiger partial charge in [-0.05, 0) is 64.3 Å². The zero-order valence-corrected chi connectivity index (χ0v) is 20.4. The van der Waals surface area contributed by atoms with Crippen LogP contribution < -0.4 is 26.4 Å². The average Bonchev–Trinajstić information content (AvgIpc) is 3.16. The monoisotopic (exact) mass is 473 g/mol. The Morgan fingerprint density at radius 3 is 2.49 bits per heavy atom. The number of carbonyl (C=O) groups excluding carboxylic acids is 1. The zero-order valence-electron chi connectivity index (χ0n) is 20.4. The normalized spacial score (nSPS) is 11.9. The lowest BCUT2D eigenvalue weighted by molar-refractivity contribution is 0.245. The molecule has 0 bridgehead atoms. The van der Waals surface area contributed by atoms with Crippen molar-refractivity contribution in [2.75, 3.05) is 37.0 Å². The first-order valence-electron chi connectivity index (χ1n) is 11.4. The van der Waals surface area contributed by atoms with Crippen LogP contribution >= 0.6 is 0 Å². The van der Waals surface area contributed by atoms with Crippen molar-refractivity contribution in [2.45, 2.75) is 19.9 Å². The number of nitrogens with zero attached hydrogens (tertiary/aromatic N) is 3. The van der Waals surface area contributed by atoms with Crippen LogP contribution in [-0.4, -0.2) is 47.2 Å². The number of amides is 2. The molecule has 5 N–H and O–H groups in total. The van der Waals surface area contributed by atoms with E-state index in [0.29, 0.717) is 23.6 Å². The molecule has 2 aromatic heterocycles. The minimum atomic E-state index is -0.269. The third-order valence-electron chi connectivity index (χ3n) is 5.88. The summed E-state index contributed by atoms with van der Waals surface area (Å²) in [5.41, 5.74) is 10.6. The molecule has 0 radical (unpaired) electrons. The molecule has 182 valence electrons. The number of likely N-dealkylation sites (N-methyl/N-ethyl adjacent to an activating group) is 1. The Labute approximate surface area is 204 Å². The van der Waals surface area contributed by atoms with Crippen LogP contribution in [0.15, 0.2) is 67.0 Å². The fourth-order valence-electron chi connectivity index (χ4n) is 3.52. The molecular formula is C26H31N7O2. The van der Waals surface area contributed by atoms with Crippen LogP contribution in [0.5, 0.6) is 11.5 Å². The molecule has 0 aliphatic carbocycles. The summed E-state index contributed by atoms with van der Waals surface area (Å²) in [6, 6.07) is 17.2. The number of fused-ring (bicyclic) bond motifs is 1. The van der Waals surface area contributed by atoms with Crippen LogP contribution in [0.25, 0.3) is 5.52 Å². The number of carbonyl (C=O) groups is 1. The lowest BCUT2D eigenvalue weighted by Crippen LogP contribution is -2.40. The number of benzene rings is 2. The van der Waals surface area contributed by atoms with Crippen molar-refractivity contribution >= 4 is 34.3 Å². The predicted molar refractivity (Wildman–Crippen MR) is 141 cm³/mol. The summed E-state index contributed by atoms with van der Waals surface area (Å²) in [6.45, 7) is 4.51.